The minimum Gasteiger partial charge on any atom is -0.491 e. The second kappa shape index (κ2) is 5.50. The highest BCUT2D eigenvalue weighted by Gasteiger charge is 2.08. The molecule has 0 radical (unpaired) electrons. The first kappa shape index (κ1) is 13.1. The Kier molecular flexibility index (Phi) is 3.99. The van der Waals surface area contributed by atoms with Crippen LogP contribution in [0, 0.1) is 0 Å². The molecule has 2 N–H and O–H groups in total. The van der Waals surface area contributed by atoms with Gasteiger partial charge in [0.05, 0.1) is 6.10 Å². The first-order valence-corrected chi connectivity index (χ1v) is 6.86. The zero-order valence-corrected chi connectivity index (χ0v) is 11.7. The van der Waals surface area contributed by atoms with Crippen molar-refractivity contribution in [3.63, 3.8) is 0 Å². The third-order valence-corrected chi connectivity index (χ3v) is 3.69. The Hall–Kier alpha value is -1.39. The van der Waals surface area contributed by atoms with E-state index in [1.165, 1.54) is 0 Å². The number of rotatable bonds is 4. The average molecular weight is 262 g/mol. The number of hydrogen-bond donors (Lipinski definition) is 1. The molecule has 0 fully saturated rings. The molecule has 0 saturated heterocycles. The summed E-state index contributed by atoms with van der Waals surface area (Å²) in [7, 11) is 0. The number of nitrogens with zero attached hydrogens (tertiary/aromatic N) is 1. The molecule has 1 aromatic carbocycles. The minimum absolute atomic E-state index is 0.0415. The standard InChI is InChI=1S/C14H18N2OS/c1-9(2)17-12-6-4-11(5-7-12)14-16-8-13(18-14)10(3)15/h4-10H,15H2,1-3H3. The lowest BCUT2D eigenvalue weighted by Crippen LogP contribution is -2.05. The normalized spacial score (nSPS) is 12.7. The van der Waals surface area contributed by atoms with E-state index in [0.717, 1.165) is 21.2 Å². The van der Waals surface area contributed by atoms with Crippen molar-refractivity contribution in [2.24, 2.45) is 5.73 Å². The predicted molar refractivity (Wildman–Crippen MR) is 75.9 cm³/mol. The van der Waals surface area contributed by atoms with E-state index < -0.39 is 0 Å². The number of hydrogen-bond acceptors (Lipinski definition) is 4. The number of benzene rings is 1. The summed E-state index contributed by atoms with van der Waals surface area (Å²) in [6, 6.07) is 8.05. The van der Waals surface area contributed by atoms with Crippen LogP contribution in [0.15, 0.2) is 30.5 Å². The number of thiazole rings is 1. The topological polar surface area (TPSA) is 48.1 Å². The van der Waals surface area contributed by atoms with Gasteiger partial charge in [-0.3, -0.25) is 0 Å². The summed E-state index contributed by atoms with van der Waals surface area (Å²) in [6.45, 7) is 6.00. The Morgan fingerprint density at radius 1 is 1.17 bits per heavy atom. The summed E-state index contributed by atoms with van der Waals surface area (Å²) in [5.41, 5.74) is 6.93. The van der Waals surface area contributed by atoms with Gasteiger partial charge in [-0.15, -0.1) is 11.3 Å². The lowest BCUT2D eigenvalue weighted by Gasteiger charge is -2.09. The molecule has 2 aromatic rings. The van der Waals surface area contributed by atoms with E-state index in [-0.39, 0.29) is 12.1 Å². The van der Waals surface area contributed by atoms with Crippen molar-refractivity contribution < 1.29 is 4.74 Å². The zero-order chi connectivity index (χ0) is 13.1. The van der Waals surface area contributed by atoms with Gasteiger partial charge in [0.25, 0.3) is 0 Å². The van der Waals surface area contributed by atoms with Gasteiger partial charge in [0.2, 0.25) is 0 Å². The van der Waals surface area contributed by atoms with E-state index in [0.29, 0.717) is 0 Å². The van der Waals surface area contributed by atoms with E-state index >= 15 is 0 Å². The maximum Gasteiger partial charge on any atom is 0.123 e. The molecule has 1 atom stereocenters. The summed E-state index contributed by atoms with van der Waals surface area (Å²) >= 11 is 1.64. The SMILES string of the molecule is CC(C)Oc1ccc(-c2ncc(C(C)N)s2)cc1. The first-order valence-electron chi connectivity index (χ1n) is 6.04. The second-order valence-corrected chi connectivity index (χ2v) is 5.61. The monoisotopic (exact) mass is 262 g/mol. The predicted octanol–water partition coefficient (Wildman–Crippen LogP) is 3.62. The number of aromatic nitrogens is 1. The van der Waals surface area contributed by atoms with Crippen LogP contribution in [0.2, 0.25) is 0 Å². The molecule has 4 heteroatoms. The molecule has 1 unspecified atom stereocenters. The molecule has 0 saturated carbocycles. The van der Waals surface area contributed by atoms with Crippen LogP contribution in [0.4, 0.5) is 0 Å². The maximum atomic E-state index is 5.83. The molecule has 2 rings (SSSR count). The fraction of sp³-hybridized carbons (Fsp3) is 0.357. The van der Waals surface area contributed by atoms with Crippen LogP contribution >= 0.6 is 11.3 Å². The van der Waals surface area contributed by atoms with E-state index in [2.05, 4.69) is 4.98 Å². The van der Waals surface area contributed by atoms with E-state index in [1.54, 1.807) is 11.3 Å². The maximum absolute atomic E-state index is 5.83. The summed E-state index contributed by atoms with van der Waals surface area (Å²) < 4.78 is 5.61. The van der Waals surface area contributed by atoms with Crippen LogP contribution in [0.25, 0.3) is 10.6 Å². The van der Waals surface area contributed by atoms with Crippen LogP contribution < -0.4 is 10.5 Å². The number of nitrogens with two attached hydrogens (primary N) is 1. The molecule has 0 aliphatic heterocycles. The third-order valence-electron chi connectivity index (χ3n) is 2.45. The van der Waals surface area contributed by atoms with Gasteiger partial charge >= 0.3 is 0 Å². The first-order chi connectivity index (χ1) is 8.56. The van der Waals surface area contributed by atoms with Gasteiger partial charge in [0.1, 0.15) is 10.8 Å². The van der Waals surface area contributed by atoms with Gasteiger partial charge in [-0.2, -0.15) is 0 Å². The van der Waals surface area contributed by atoms with E-state index in [4.69, 9.17) is 10.5 Å². The molecule has 0 bridgehead atoms. The summed E-state index contributed by atoms with van der Waals surface area (Å²) in [4.78, 5) is 5.50. The highest BCUT2D eigenvalue weighted by atomic mass is 32.1. The molecule has 3 nitrogen and oxygen atoms in total. The van der Waals surface area contributed by atoms with Crippen LogP contribution in [-0.4, -0.2) is 11.1 Å². The van der Waals surface area contributed by atoms with Crippen LogP contribution in [-0.2, 0) is 0 Å². The molecular weight excluding hydrogens is 244 g/mol. The fourth-order valence-electron chi connectivity index (χ4n) is 1.58. The largest absolute Gasteiger partial charge is 0.491 e. The van der Waals surface area contributed by atoms with Crippen LogP contribution in [0.5, 0.6) is 5.75 Å². The number of ether oxygens (including phenoxy) is 1. The van der Waals surface area contributed by atoms with Gasteiger partial charge in [0.15, 0.2) is 0 Å². The molecule has 18 heavy (non-hydrogen) atoms. The van der Waals surface area contributed by atoms with Gasteiger partial charge in [-0.1, -0.05) is 0 Å². The Bertz CT molecular complexity index is 503. The lowest BCUT2D eigenvalue weighted by atomic mass is 10.2. The van der Waals surface area contributed by atoms with E-state index in [9.17, 15) is 0 Å². The Labute approximate surface area is 112 Å². The van der Waals surface area contributed by atoms with Crippen molar-refractivity contribution >= 4 is 11.3 Å². The van der Waals surface area contributed by atoms with Crippen LogP contribution in [0.1, 0.15) is 31.7 Å². The second-order valence-electron chi connectivity index (χ2n) is 4.55. The summed E-state index contributed by atoms with van der Waals surface area (Å²) in [5.74, 6) is 0.887. The molecule has 1 aromatic heterocycles. The van der Waals surface area contributed by atoms with Gasteiger partial charge in [0, 0.05) is 22.7 Å². The molecule has 0 spiro atoms. The van der Waals surface area contributed by atoms with Crippen molar-refractivity contribution in [2.45, 2.75) is 32.9 Å². The van der Waals surface area contributed by atoms with Gasteiger partial charge in [-0.25, -0.2) is 4.98 Å². The van der Waals surface area contributed by atoms with Crippen molar-refractivity contribution in [2.75, 3.05) is 0 Å². The smallest absolute Gasteiger partial charge is 0.123 e. The summed E-state index contributed by atoms with van der Waals surface area (Å²) in [5, 5.41) is 0.999. The molecule has 0 amide bonds. The Morgan fingerprint density at radius 2 is 1.83 bits per heavy atom. The molecule has 1 heterocycles. The Balaban J connectivity index is 2.17. The zero-order valence-electron chi connectivity index (χ0n) is 10.9. The molecular formula is C14H18N2OS. The van der Waals surface area contributed by atoms with Crippen molar-refractivity contribution in [1.29, 1.82) is 0 Å². The van der Waals surface area contributed by atoms with Crippen LogP contribution in [0.3, 0.4) is 0 Å². The molecule has 0 aliphatic carbocycles. The van der Waals surface area contributed by atoms with Crippen molar-refractivity contribution in [1.82, 2.24) is 4.98 Å². The lowest BCUT2D eigenvalue weighted by molar-refractivity contribution is 0.242. The highest BCUT2D eigenvalue weighted by molar-refractivity contribution is 7.15. The van der Waals surface area contributed by atoms with Crippen molar-refractivity contribution in [3.8, 4) is 16.3 Å². The molecule has 0 aliphatic rings. The average Bonchev–Trinajstić information content (AvgIpc) is 2.78. The van der Waals surface area contributed by atoms with Crippen molar-refractivity contribution in [3.05, 3.63) is 35.3 Å². The minimum atomic E-state index is 0.0415. The third kappa shape index (κ3) is 3.09. The summed E-state index contributed by atoms with van der Waals surface area (Å²) in [6.07, 6.45) is 2.05. The quantitative estimate of drug-likeness (QED) is 0.915. The Morgan fingerprint density at radius 3 is 2.33 bits per heavy atom. The fourth-order valence-corrected chi connectivity index (χ4v) is 2.45. The molecule has 96 valence electrons. The van der Waals surface area contributed by atoms with Gasteiger partial charge in [-0.05, 0) is 45.0 Å². The highest BCUT2D eigenvalue weighted by Crippen LogP contribution is 2.29. The van der Waals surface area contributed by atoms with Gasteiger partial charge < -0.3 is 10.5 Å². The van der Waals surface area contributed by atoms with E-state index in [1.807, 2.05) is 51.2 Å².